The van der Waals surface area contributed by atoms with Crippen LogP contribution in [0.3, 0.4) is 0 Å². The number of phenolic OH excluding ortho intramolecular Hbond substituents is 1. The standard InChI is InChI=1S/C78H66N3O.Pt/c1-77(2,3)66-51-69(58-29-14-7-15-30-58)75(82)70(52-66)76-80-74-67(35-22-36-73(74)81(76)72-42-37-54(45-53-23-20-21-24-53)46-68(72)57-27-12-6-13-28-57)61-47-60(55-25-10-5-11-26-55)48-62(49-61)71-50-59(43-44-79-71)56-38-40-65(41-39-56)78(4,63-31-16-8-17-32-63)64-33-18-9-19-34-64;/h5-19,22,25-44,46-48,50-53,82H,20-21,23-24,45H2,1-4H3;/q-1;. The monoisotopic (exact) mass is 1260 g/mol. The number of phenols is 1. The number of para-hydroxylation sites is 1. The van der Waals surface area contributed by atoms with E-state index in [4.69, 9.17) is 9.97 Å². The van der Waals surface area contributed by atoms with Crippen molar-refractivity contribution >= 4 is 11.0 Å². The number of nitrogens with zero attached hydrogens (tertiary/aromatic N) is 3. The van der Waals surface area contributed by atoms with Gasteiger partial charge in [-0.1, -0.05) is 263 Å². The van der Waals surface area contributed by atoms with Crippen molar-refractivity contribution in [1.82, 2.24) is 14.5 Å². The number of aromatic nitrogens is 3. The molecule has 2 heterocycles. The molecule has 2 aromatic heterocycles. The van der Waals surface area contributed by atoms with Crippen LogP contribution in [-0.2, 0) is 38.3 Å². The summed E-state index contributed by atoms with van der Waals surface area (Å²) < 4.78 is 2.30. The molecule has 1 fully saturated rings. The molecule has 12 aromatic rings. The second-order valence-electron chi connectivity index (χ2n) is 23.5. The minimum Gasteiger partial charge on any atom is -0.507 e. The predicted octanol–water partition coefficient (Wildman–Crippen LogP) is 20.0. The third kappa shape index (κ3) is 10.9. The molecule has 1 N–H and O–H groups in total. The Morgan fingerprint density at radius 2 is 1.02 bits per heavy atom. The molecular formula is C78H66N3OPt-. The van der Waals surface area contributed by atoms with Gasteiger partial charge in [-0.3, -0.25) is 9.55 Å². The van der Waals surface area contributed by atoms with Gasteiger partial charge in [-0.2, -0.15) is 0 Å². The molecule has 4 nitrogen and oxygen atoms in total. The molecule has 83 heavy (non-hydrogen) atoms. The van der Waals surface area contributed by atoms with Crippen LogP contribution in [0, 0.1) is 12.0 Å². The Hall–Kier alpha value is -8.69. The van der Waals surface area contributed by atoms with E-state index in [-0.39, 0.29) is 37.6 Å². The summed E-state index contributed by atoms with van der Waals surface area (Å²) in [6, 6.07) is 92.7. The first-order chi connectivity index (χ1) is 40.1. The number of aromatic hydroxyl groups is 1. The van der Waals surface area contributed by atoms with E-state index in [1.807, 2.05) is 24.4 Å². The molecule has 0 unspecified atom stereocenters. The van der Waals surface area contributed by atoms with Gasteiger partial charge in [-0.05, 0) is 117 Å². The molecule has 0 radical (unpaired) electrons. The summed E-state index contributed by atoms with van der Waals surface area (Å²) in [6.07, 6.45) is 8.13. The van der Waals surface area contributed by atoms with Crippen molar-refractivity contribution < 1.29 is 26.2 Å². The van der Waals surface area contributed by atoms with Crippen LogP contribution in [0.15, 0.2) is 255 Å². The molecule has 13 rings (SSSR count). The van der Waals surface area contributed by atoms with Crippen LogP contribution in [0.1, 0.15) is 81.2 Å². The molecule has 410 valence electrons. The van der Waals surface area contributed by atoms with E-state index in [2.05, 4.69) is 269 Å². The fraction of sp³-hybridized carbons (Fsp3) is 0.154. The van der Waals surface area contributed by atoms with Gasteiger partial charge in [0.1, 0.15) is 11.6 Å². The van der Waals surface area contributed by atoms with Crippen LogP contribution in [0.2, 0.25) is 0 Å². The van der Waals surface area contributed by atoms with Crippen LogP contribution in [0.4, 0.5) is 0 Å². The van der Waals surface area contributed by atoms with Crippen molar-refractivity contribution in [1.29, 1.82) is 0 Å². The van der Waals surface area contributed by atoms with E-state index < -0.39 is 0 Å². The molecule has 0 spiro atoms. The number of benzene rings is 10. The maximum atomic E-state index is 12.9. The van der Waals surface area contributed by atoms with Crippen LogP contribution in [0.25, 0.3) is 95.0 Å². The molecule has 0 bridgehead atoms. The summed E-state index contributed by atoms with van der Waals surface area (Å²) in [5.41, 5.74) is 20.8. The first-order valence-corrected chi connectivity index (χ1v) is 29.0. The van der Waals surface area contributed by atoms with Crippen LogP contribution in [-0.4, -0.2) is 19.6 Å². The van der Waals surface area contributed by atoms with E-state index in [0.29, 0.717) is 17.3 Å². The van der Waals surface area contributed by atoms with Crippen molar-refractivity contribution in [2.75, 3.05) is 0 Å². The summed E-state index contributed by atoms with van der Waals surface area (Å²) in [4.78, 5) is 10.9. The number of hydrogen-bond donors (Lipinski definition) is 1. The van der Waals surface area contributed by atoms with Crippen LogP contribution >= 0.6 is 0 Å². The Kier molecular flexibility index (Phi) is 15.4. The van der Waals surface area contributed by atoms with Gasteiger partial charge in [0.15, 0.2) is 0 Å². The SMILES string of the molecule is CC(C)(C)c1cc(-c2ccccc2)c(O)c(-c2nc3c(-c4[c-]c(-c5cc(-c6ccc(C(C)(c7ccccc7)c7ccccc7)cc6)ccn5)cc(-c5ccccc5)c4)cccc3n2-c2ccc(CC3CCCC3)cc2-c2ccccc2)c1.[Pt]. The molecule has 1 aliphatic rings. The van der Waals surface area contributed by atoms with Crippen molar-refractivity contribution in [3.8, 4) is 89.7 Å². The average Bonchev–Trinajstić information content (AvgIpc) is 2.47. The van der Waals surface area contributed by atoms with Gasteiger partial charge >= 0.3 is 0 Å². The molecule has 5 heteroatoms. The molecule has 0 saturated heterocycles. The quantitative estimate of drug-likeness (QED) is 0.0924. The zero-order valence-electron chi connectivity index (χ0n) is 47.5. The van der Waals surface area contributed by atoms with Crippen molar-refractivity contribution in [2.45, 2.75) is 70.6 Å². The Morgan fingerprint density at radius 1 is 0.470 bits per heavy atom. The number of pyridine rings is 1. The molecule has 0 atom stereocenters. The minimum atomic E-state index is -0.349. The Labute approximate surface area is 503 Å². The summed E-state index contributed by atoms with van der Waals surface area (Å²) >= 11 is 0. The third-order valence-corrected chi connectivity index (χ3v) is 17.2. The maximum absolute atomic E-state index is 12.9. The predicted molar refractivity (Wildman–Crippen MR) is 340 cm³/mol. The first-order valence-electron chi connectivity index (χ1n) is 29.0. The van der Waals surface area contributed by atoms with Gasteiger partial charge in [0.25, 0.3) is 0 Å². The first kappa shape index (κ1) is 54.9. The maximum Gasteiger partial charge on any atom is 0.148 e. The number of hydrogen-bond acceptors (Lipinski definition) is 3. The van der Waals surface area contributed by atoms with E-state index in [9.17, 15) is 5.11 Å². The molecule has 1 saturated carbocycles. The van der Waals surface area contributed by atoms with E-state index in [1.165, 1.54) is 47.9 Å². The summed E-state index contributed by atoms with van der Waals surface area (Å²) in [7, 11) is 0. The van der Waals surface area contributed by atoms with Crippen molar-refractivity contribution in [3.63, 3.8) is 0 Å². The van der Waals surface area contributed by atoms with E-state index >= 15 is 0 Å². The Morgan fingerprint density at radius 3 is 1.65 bits per heavy atom. The van der Waals surface area contributed by atoms with Gasteiger partial charge in [0.05, 0.1) is 22.3 Å². The molecule has 0 amide bonds. The molecular weight excluding hydrogens is 1190 g/mol. The van der Waals surface area contributed by atoms with Gasteiger partial charge in [0.2, 0.25) is 0 Å². The van der Waals surface area contributed by atoms with Crippen molar-refractivity contribution in [2.24, 2.45) is 5.92 Å². The zero-order chi connectivity index (χ0) is 55.8. The largest absolute Gasteiger partial charge is 0.507 e. The Bertz CT molecular complexity index is 4180. The summed E-state index contributed by atoms with van der Waals surface area (Å²) in [5, 5.41) is 12.9. The fourth-order valence-corrected chi connectivity index (χ4v) is 12.6. The van der Waals surface area contributed by atoms with Gasteiger partial charge in [0, 0.05) is 49.5 Å². The van der Waals surface area contributed by atoms with Crippen molar-refractivity contribution in [3.05, 3.63) is 289 Å². The van der Waals surface area contributed by atoms with Gasteiger partial charge in [-0.25, -0.2) is 4.98 Å². The molecule has 0 aliphatic heterocycles. The van der Waals surface area contributed by atoms with E-state index in [1.54, 1.807) is 0 Å². The van der Waals surface area contributed by atoms with Crippen LogP contribution < -0.4 is 0 Å². The Balaban J connectivity index is 0.00000680. The van der Waals surface area contributed by atoms with Gasteiger partial charge in [-0.15, -0.1) is 23.8 Å². The molecule has 10 aromatic carbocycles. The summed E-state index contributed by atoms with van der Waals surface area (Å²) in [6.45, 7) is 9.02. The second-order valence-corrected chi connectivity index (χ2v) is 23.5. The normalized spacial score (nSPS) is 12.8. The average molecular weight is 1260 g/mol. The smallest absolute Gasteiger partial charge is 0.148 e. The topological polar surface area (TPSA) is 50.9 Å². The van der Waals surface area contributed by atoms with E-state index in [0.717, 1.165) is 95.6 Å². The van der Waals surface area contributed by atoms with Crippen LogP contribution in [0.5, 0.6) is 5.75 Å². The second kappa shape index (κ2) is 23.3. The number of rotatable bonds is 13. The number of fused-ring (bicyclic) bond motifs is 1. The fourth-order valence-electron chi connectivity index (χ4n) is 12.6. The minimum absolute atomic E-state index is 0. The number of imidazole rings is 1. The third-order valence-electron chi connectivity index (χ3n) is 17.2. The summed E-state index contributed by atoms with van der Waals surface area (Å²) in [5.74, 6) is 1.55. The van der Waals surface area contributed by atoms with Gasteiger partial charge < -0.3 is 5.11 Å². The molecule has 1 aliphatic carbocycles. The zero-order valence-corrected chi connectivity index (χ0v) is 49.7.